The highest BCUT2D eigenvalue weighted by Crippen LogP contribution is 2.23. The number of hydrogen-bond acceptors (Lipinski definition) is 4. The SMILES string of the molecule is CCNC(=S)N1CCC(NC2CC(=O)N(c3ccccc3)C2=O)CC1. The molecular weight excluding hydrogens is 336 g/mol. The largest absolute Gasteiger partial charge is 0.363 e. The minimum atomic E-state index is -0.426. The number of likely N-dealkylation sites (tertiary alicyclic amines) is 1. The lowest BCUT2D eigenvalue weighted by Gasteiger charge is -2.35. The van der Waals surface area contributed by atoms with Gasteiger partial charge < -0.3 is 15.5 Å². The molecular formula is C18H24N4O2S. The Kier molecular flexibility index (Phi) is 5.65. The van der Waals surface area contributed by atoms with Crippen LogP contribution in [-0.4, -0.2) is 53.5 Å². The van der Waals surface area contributed by atoms with Gasteiger partial charge in [-0.1, -0.05) is 18.2 Å². The molecule has 2 amide bonds. The summed E-state index contributed by atoms with van der Waals surface area (Å²) in [5.74, 6) is -0.291. The van der Waals surface area contributed by atoms with Crippen molar-refractivity contribution >= 4 is 34.8 Å². The van der Waals surface area contributed by atoms with Gasteiger partial charge >= 0.3 is 0 Å². The highest BCUT2D eigenvalue weighted by Gasteiger charge is 2.40. The fourth-order valence-corrected chi connectivity index (χ4v) is 3.73. The maximum absolute atomic E-state index is 12.6. The number of para-hydroxylation sites is 1. The lowest BCUT2D eigenvalue weighted by atomic mass is 10.0. The van der Waals surface area contributed by atoms with Gasteiger partial charge in [-0.25, -0.2) is 4.90 Å². The smallest absolute Gasteiger partial charge is 0.251 e. The van der Waals surface area contributed by atoms with Gasteiger partial charge in [0.05, 0.1) is 18.2 Å². The van der Waals surface area contributed by atoms with Crippen molar-refractivity contribution in [1.82, 2.24) is 15.5 Å². The molecule has 1 atom stereocenters. The zero-order valence-electron chi connectivity index (χ0n) is 14.4. The van der Waals surface area contributed by atoms with Crippen LogP contribution < -0.4 is 15.5 Å². The van der Waals surface area contributed by atoms with Crippen LogP contribution >= 0.6 is 12.2 Å². The summed E-state index contributed by atoms with van der Waals surface area (Å²) >= 11 is 5.35. The normalized spacial score (nSPS) is 21.7. The molecule has 0 spiro atoms. The van der Waals surface area contributed by atoms with Crippen LogP contribution in [0.1, 0.15) is 26.2 Å². The Morgan fingerprint density at radius 3 is 2.52 bits per heavy atom. The third kappa shape index (κ3) is 3.99. The van der Waals surface area contributed by atoms with Crippen molar-refractivity contribution in [2.24, 2.45) is 0 Å². The highest BCUT2D eigenvalue weighted by molar-refractivity contribution is 7.80. The number of nitrogens with one attached hydrogen (secondary N) is 2. The molecule has 2 saturated heterocycles. The number of imide groups is 1. The average molecular weight is 360 g/mol. The lowest BCUT2D eigenvalue weighted by Crippen LogP contribution is -2.51. The Bertz CT molecular complexity index is 644. The fraction of sp³-hybridized carbons (Fsp3) is 0.500. The molecule has 2 heterocycles. The summed E-state index contributed by atoms with van der Waals surface area (Å²) in [6.45, 7) is 4.58. The van der Waals surface area contributed by atoms with Gasteiger partial charge in [0, 0.05) is 25.7 Å². The van der Waals surface area contributed by atoms with E-state index >= 15 is 0 Å². The van der Waals surface area contributed by atoms with Gasteiger partial charge in [-0.2, -0.15) is 0 Å². The van der Waals surface area contributed by atoms with E-state index in [0.29, 0.717) is 5.69 Å². The molecule has 2 aliphatic rings. The summed E-state index contributed by atoms with van der Waals surface area (Å²) in [5.41, 5.74) is 0.646. The number of piperidine rings is 1. The van der Waals surface area contributed by atoms with Gasteiger partial charge in [0.2, 0.25) is 5.91 Å². The zero-order chi connectivity index (χ0) is 17.8. The molecule has 6 nitrogen and oxygen atoms in total. The van der Waals surface area contributed by atoms with Crippen LogP contribution in [-0.2, 0) is 9.59 Å². The predicted octanol–water partition coefficient (Wildman–Crippen LogP) is 1.27. The summed E-state index contributed by atoms with van der Waals surface area (Å²) in [5, 5.41) is 7.35. The second-order valence-electron chi connectivity index (χ2n) is 6.42. The molecule has 134 valence electrons. The van der Waals surface area contributed by atoms with Crippen molar-refractivity contribution in [3.8, 4) is 0 Å². The minimum absolute atomic E-state index is 0.139. The van der Waals surface area contributed by atoms with Crippen LogP contribution in [0.3, 0.4) is 0 Å². The molecule has 3 rings (SSSR count). The van der Waals surface area contributed by atoms with Crippen molar-refractivity contribution in [2.75, 3.05) is 24.5 Å². The maximum Gasteiger partial charge on any atom is 0.251 e. The Morgan fingerprint density at radius 1 is 1.20 bits per heavy atom. The van der Waals surface area contributed by atoms with Crippen LogP contribution in [0, 0.1) is 0 Å². The van der Waals surface area contributed by atoms with Gasteiger partial charge in [0.1, 0.15) is 0 Å². The van der Waals surface area contributed by atoms with Gasteiger partial charge in [-0.15, -0.1) is 0 Å². The monoisotopic (exact) mass is 360 g/mol. The van der Waals surface area contributed by atoms with Crippen molar-refractivity contribution in [1.29, 1.82) is 0 Å². The van der Waals surface area contributed by atoms with E-state index in [1.807, 2.05) is 25.1 Å². The second kappa shape index (κ2) is 7.93. The number of nitrogens with zero attached hydrogens (tertiary/aromatic N) is 2. The number of benzene rings is 1. The number of carbonyl (C=O) groups is 2. The number of rotatable bonds is 4. The van der Waals surface area contributed by atoms with Gasteiger partial charge in [0.25, 0.3) is 5.91 Å². The first-order chi connectivity index (χ1) is 12.1. The topological polar surface area (TPSA) is 64.7 Å². The molecule has 1 aromatic rings. The number of hydrogen-bond donors (Lipinski definition) is 2. The summed E-state index contributed by atoms with van der Waals surface area (Å²) in [6.07, 6.45) is 2.05. The molecule has 0 radical (unpaired) electrons. The van der Waals surface area contributed by atoms with Gasteiger partial charge in [-0.05, 0) is 44.1 Å². The van der Waals surface area contributed by atoms with E-state index in [-0.39, 0.29) is 24.3 Å². The van der Waals surface area contributed by atoms with E-state index in [1.165, 1.54) is 4.90 Å². The molecule has 0 aromatic heterocycles. The Balaban J connectivity index is 1.55. The Hall–Kier alpha value is -1.99. The molecule has 7 heteroatoms. The number of anilines is 1. The fourth-order valence-electron chi connectivity index (χ4n) is 3.41. The highest BCUT2D eigenvalue weighted by atomic mass is 32.1. The molecule has 2 N–H and O–H groups in total. The van der Waals surface area contributed by atoms with E-state index < -0.39 is 6.04 Å². The maximum atomic E-state index is 12.6. The van der Waals surface area contributed by atoms with Crippen molar-refractivity contribution in [3.63, 3.8) is 0 Å². The Labute approximate surface area is 153 Å². The first-order valence-electron chi connectivity index (χ1n) is 8.80. The zero-order valence-corrected chi connectivity index (χ0v) is 15.2. The molecule has 2 fully saturated rings. The molecule has 2 aliphatic heterocycles. The quantitative estimate of drug-likeness (QED) is 0.623. The number of carbonyl (C=O) groups excluding carboxylic acids is 2. The standard InChI is InChI=1S/C18H24N4O2S/c1-2-19-18(25)21-10-8-13(9-11-21)20-15-12-16(23)22(17(15)24)14-6-4-3-5-7-14/h3-7,13,15,20H,2,8-12H2,1H3,(H,19,25). The van der Waals surface area contributed by atoms with E-state index in [2.05, 4.69) is 15.5 Å². The van der Waals surface area contributed by atoms with E-state index in [0.717, 1.165) is 37.6 Å². The molecule has 25 heavy (non-hydrogen) atoms. The van der Waals surface area contributed by atoms with Gasteiger partial charge in [-0.3, -0.25) is 9.59 Å². The molecule has 1 aromatic carbocycles. The summed E-state index contributed by atoms with van der Waals surface area (Å²) in [4.78, 5) is 28.4. The van der Waals surface area contributed by atoms with Crippen LogP contribution in [0.2, 0.25) is 0 Å². The Morgan fingerprint density at radius 2 is 1.88 bits per heavy atom. The van der Waals surface area contributed by atoms with E-state index in [9.17, 15) is 9.59 Å². The van der Waals surface area contributed by atoms with Crippen molar-refractivity contribution in [3.05, 3.63) is 30.3 Å². The van der Waals surface area contributed by atoms with E-state index in [1.54, 1.807) is 12.1 Å². The molecule has 1 unspecified atom stereocenters. The van der Waals surface area contributed by atoms with Crippen LogP contribution in [0.4, 0.5) is 5.69 Å². The minimum Gasteiger partial charge on any atom is -0.363 e. The number of amides is 2. The summed E-state index contributed by atoms with van der Waals surface area (Å²) in [6, 6.07) is 8.93. The van der Waals surface area contributed by atoms with Crippen LogP contribution in [0.25, 0.3) is 0 Å². The summed E-state index contributed by atoms with van der Waals surface area (Å²) < 4.78 is 0. The van der Waals surface area contributed by atoms with E-state index in [4.69, 9.17) is 12.2 Å². The third-order valence-corrected chi connectivity index (χ3v) is 5.11. The predicted molar refractivity (Wildman–Crippen MR) is 101 cm³/mol. The summed E-state index contributed by atoms with van der Waals surface area (Å²) in [7, 11) is 0. The van der Waals surface area contributed by atoms with Crippen molar-refractivity contribution < 1.29 is 9.59 Å². The van der Waals surface area contributed by atoms with Crippen molar-refractivity contribution in [2.45, 2.75) is 38.3 Å². The third-order valence-electron chi connectivity index (χ3n) is 4.71. The molecule has 0 aliphatic carbocycles. The molecule has 0 bridgehead atoms. The number of thiocarbonyl (C=S) groups is 1. The van der Waals surface area contributed by atoms with Crippen LogP contribution in [0.5, 0.6) is 0 Å². The second-order valence-corrected chi connectivity index (χ2v) is 6.81. The first kappa shape index (κ1) is 17.8. The average Bonchev–Trinajstić information content (AvgIpc) is 2.90. The van der Waals surface area contributed by atoms with Gasteiger partial charge in [0.15, 0.2) is 5.11 Å². The lowest BCUT2D eigenvalue weighted by molar-refractivity contribution is -0.121. The molecule has 0 saturated carbocycles. The van der Waals surface area contributed by atoms with Crippen LogP contribution in [0.15, 0.2) is 30.3 Å². The first-order valence-corrected chi connectivity index (χ1v) is 9.21.